The van der Waals surface area contributed by atoms with E-state index in [1.165, 1.54) is 22.9 Å². The number of nitrogens with zero attached hydrogens (tertiary/aromatic N) is 2. The molecule has 1 heterocycles. The van der Waals surface area contributed by atoms with E-state index >= 15 is 0 Å². The van der Waals surface area contributed by atoms with Crippen molar-refractivity contribution in [2.24, 2.45) is 0 Å². The maximum Gasteiger partial charge on any atom is 0.331 e. The molecule has 5 nitrogen and oxygen atoms in total. The Balaban J connectivity index is 2.56. The fraction of sp³-hybridized carbons (Fsp3) is 0.286. The van der Waals surface area contributed by atoms with Crippen LogP contribution < -0.4 is 17.0 Å². The van der Waals surface area contributed by atoms with Gasteiger partial charge in [0.15, 0.2) is 0 Å². The van der Waals surface area contributed by atoms with E-state index in [0.29, 0.717) is 17.7 Å². The largest absolute Gasteiger partial charge is 0.393 e. The lowest BCUT2D eigenvalue weighted by molar-refractivity contribution is 0.598. The molecule has 20 heavy (non-hydrogen) atoms. The quantitative estimate of drug-likeness (QED) is 0.913. The molecule has 2 aromatic rings. The highest BCUT2D eigenvalue weighted by Crippen LogP contribution is 2.10. The van der Waals surface area contributed by atoms with E-state index in [0.717, 1.165) is 4.57 Å². The molecule has 1 aromatic carbocycles. The number of nitrogen functional groups attached to an aromatic ring is 1. The number of aromatic nitrogens is 2. The summed E-state index contributed by atoms with van der Waals surface area (Å²) in [6.45, 7) is 4.02. The van der Waals surface area contributed by atoms with Gasteiger partial charge < -0.3 is 5.73 Å². The van der Waals surface area contributed by atoms with Crippen molar-refractivity contribution in [2.45, 2.75) is 26.9 Å². The van der Waals surface area contributed by atoms with Gasteiger partial charge in [0, 0.05) is 12.7 Å². The van der Waals surface area contributed by atoms with E-state index in [1.54, 1.807) is 19.9 Å². The molecule has 106 valence electrons. The number of anilines is 1. The molecule has 0 fully saturated rings. The van der Waals surface area contributed by atoms with Crippen molar-refractivity contribution < 1.29 is 4.39 Å². The molecular weight excluding hydrogens is 261 g/mol. The van der Waals surface area contributed by atoms with Crippen LogP contribution >= 0.6 is 0 Å². The van der Waals surface area contributed by atoms with Gasteiger partial charge in [-0.15, -0.1) is 0 Å². The highest BCUT2D eigenvalue weighted by atomic mass is 19.1. The molecule has 0 spiro atoms. The molecule has 0 aliphatic heterocycles. The number of rotatable bonds is 3. The SMILES string of the molecule is CCn1cc(N)c(=O)n(Cc2ccc(F)cc2C)c1=O. The number of nitrogens with two attached hydrogens (primary N) is 1. The fourth-order valence-corrected chi connectivity index (χ4v) is 2.05. The van der Waals surface area contributed by atoms with Crippen molar-refractivity contribution in [1.29, 1.82) is 0 Å². The Morgan fingerprint density at radius 1 is 1.30 bits per heavy atom. The van der Waals surface area contributed by atoms with Crippen molar-refractivity contribution in [2.75, 3.05) is 5.73 Å². The number of benzene rings is 1. The fourth-order valence-electron chi connectivity index (χ4n) is 2.05. The van der Waals surface area contributed by atoms with E-state index in [4.69, 9.17) is 5.73 Å². The van der Waals surface area contributed by atoms with Crippen LogP contribution in [-0.4, -0.2) is 9.13 Å². The van der Waals surface area contributed by atoms with Crippen molar-refractivity contribution >= 4 is 5.69 Å². The van der Waals surface area contributed by atoms with Gasteiger partial charge in [0.05, 0.1) is 6.54 Å². The third-order valence-corrected chi connectivity index (χ3v) is 3.24. The zero-order valence-electron chi connectivity index (χ0n) is 11.4. The maximum atomic E-state index is 13.1. The Morgan fingerprint density at radius 2 is 2.00 bits per heavy atom. The van der Waals surface area contributed by atoms with E-state index in [2.05, 4.69) is 0 Å². The van der Waals surface area contributed by atoms with E-state index < -0.39 is 11.2 Å². The maximum absolute atomic E-state index is 13.1. The normalized spacial score (nSPS) is 10.8. The van der Waals surface area contributed by atoms with Crippen molar-refractivity contribution in [1.82, 2.24) is 9.13 Å². The predicted octanol–water partition coefficient (Wildman–Crippen LogP) is 1.11. The number of hydrogen-bond donors (Lipinski definition) is 1. The topological polar surface area (TPSA) is 70.0 Å². The van der Waals surface area contributed by atoms with Gasteiger partial charge in [-0.1, -0.05) is 6.07 Å². The second kappa shape index (κ2) is 5.32. The van der Waals surface area contributed by atoms with Gasteiger partial charge in [-0.2, -0.15) is 0 Å². The average molecular weight is 277 g/mol. The Hall–Kier alpha value is -2.37. The van der Waals surface area contributed by atoms with Gasteiger partial charge in [0.1, 0.15) is 11.5 Å². The third-order valence-electron chi connectivity index (χ3n) is 3.24. The summed E-state index contributed by atoms with van der Waals surface area (Å²) < 4.78 is 15.5. The van der Waals surface area contributed by atoms with Gasteiger partial charge in [0.2, 0.25) is 0 Å². The first-order valence-corrected chi connectivity index (χ1v) is 6.28. The van der Waals surface area contributed by atoms with Crippen LogP contribution in [0, 0.1) is 12.7 Å². The molecule has 0 aliphatic carbocycles. The molecule has 0 amide bonds. The highest BCUT2D eigenvalue weighted by molar-refractivity contribution is 5.32. The summed E-state index contributed by atoms with van der Waals surface area (Å²) in [5.74, 6) is -0.350. The van der Waals surface area contributed by atoms with E-state index in [9.17, 15) is 14.0 Å². The standard InChI is InChI=1S/C14H16FN3O2/c1-3-17-8-12(16)13(19)18(14(17)20)7-10-4-5-11(15)6-9(10)2/h4-6,8H,3,7,16H2,1-2H3. The number of hydrogen-bond acceptors (Lipinski definition) is 3. The Morgan fingerprint density at radius 3 is 2.60 bits per heavy atom. The van der Waals surface area contributed by atoms with Crippen LogP contribution in [-0.2, 0) is 13.1 Å². The molecule has 0 saturated carbocycles. The zero-order chi connectivity index (χ0) is 14.9. The van der Waals surface area contributed by atoms with Gasteiger partial charge in [-0.05, 0) is 37.1 Å². The molecule has 0 aliphatic rings. The van der Waals surface area contributed by atoms with Gasteiger partial charge in [-0.3, -0.25) is 13.9 Å². The minimum absolute atomic E-state index is 0.0196. The first-order chi connectivity index (χ1) is 9.43. The number of aryl methyl sites for hydroxylation is 2. The first kappa shape index (κ1) is 14.0. The Labute approximate surface area is 115 Å². The third kappa shape index (κ3) is 2.49. The predicted molar refractivity (Wildman–Crippen MR) is 75.3 cm³/mol. The molecule has 1 aromatic heterocycles. The van der Waals surface area contributed by atoms with Crippen LogP contribution in [0.2, 0.25) is 0 Å². The molecule has 0 atom stereocenters. The summed E-state index contributed by atoms with van der Waals surface area (Å²) >= 11 is 0. The summed E-state index contributed by atoms with van der Waals surface area (Å²) in [7, 11) is 0. The summed E-state index contributed by atoms with van der Waals surface area (Å²) in [5, 5.41) is 0. The molecule has 0 bridgehead atoms. The van der Waals surface area contributed by atoms with Crippen LogP contribution in [0.4, 0.5) is 10.1 Å². The summed E-state index contributed by atoms with van der Waals surface area (Å²) in [5.41, 5.74) is 6.09. The molecule has 2 N–H and O–H groups in total. The molecule has 2 rings (SSSR count). The van der Waals surface area contributed by atoms with Crippen LogP contribution in [0.15, 0.2) is 34.0 Å². The lowest BCUT2D eigenvalue weighted by atomic mass is 10.1. The lowest BCUT2D eigenvalue weighted by Gasteiger charge is -2.11. The molecule has 6 heteroatoms. The van der Waals surface area contributed by atoms with Crippen molar-refractivity contribution in [3.63, 3.8) is 0 Å². The Bertz CT molecular complexity index is 762. The molecular formula is C14H16FN3O2. The van der Waals surface area contributed by atoms with Gasteiger partial charge in [-0.25, -0.2) is 9.18 Å². The van der Waals surface area contributed by atoms with E-state index in [1.807, 2.05) is 0 Å². The second-order valence-corrected chi connectivity index (χ2v) is 4.62. The van der Waals surface area contributed by atoms with Gasteiger partial charge >= 0.3 is 5.69 Å². The van der Waals surface area contributed by atoms with Crippen LogP contribution in [0.1, 0.15) is 18.1 Å². The molecule has 0 unspecified atom stereocenters. The molecule has 0 radical (unpaired) electrons. The first-order valence-electron chi connectivity index (χ1n) is 6.28. The van der Waals surface area contributed by atoms with Crippen LogP contribution in [0.5, 0.6) is 0 Å². The average Bonchev–Trinajstić information content (AvgIpc) is 2.41. The monoisotopic (exact) mass is 277 g/mol. The minimum Gasteiger partial charge on any atom is -0.393 e. The summed E-state index contributed by atoms with van der Waals surface area (Å²) in [6.07, 6.45) is 1.35. The highest BCUT2D eigenvalue weighted by Gasteiger charge is 2.10. The summed E-state index contributed by atoms with van der Waals surface area (Å²) in [4.78, 5) is 24.1. The lowest BCUT2D eigenvalue weighted by Crippen LogP contribution is -2.40. The summed E-state index contributed by atoms with van der Waals surface area (Å²) in [6, 6.07) is 4.24. The minimum atomic E-state index is -0.525. The molecule has 0 saturated heterocycles. The van der Waals surface area contributed by atoms with Crippen molar-refractivity contribution in [3.8, 4) is 0 Å². The smallest absolute Gasteiger partial charge is 0.331 e. The van der Waals surface area contributed by atoms with E-state index in [-0.39, 0.29) is 18.0 Å². The second-order valence-electron chi connectivity index (χ2n) is 4.62. The van der Waals surface area contributed by atoms with Crippen LogP contribution in [0.3, 0.4) is 0 Å². The number of halogens is 1. The van der Waals surface area contributed by atoms with Gasteiger partial charge in [0.25, 0.3) is 5.56 Å². The van der Waals surface area contributed by atoms with Crippen molar-refractivity contribution in [3.05, 3.63) is 62.2 Å². The zero-order valence-corrected chi connectivity index (χ0v) is 11.4. The van der Waals surface area contributed by atoms with Crippen LogP contribution in [0.25, 0.3) is 0 Å². The Kier molecular flexibility index (Phi) is 3.74.